The van der Waals surface area contributed by atoms with Crippen LogP contribution in [0.25, 0.3) is 0 Å². The Labute approximate surface area is 166 Å². The summed E-state index contributed by atoms with van der Waals surface area (Å²) >= 11 is 0. The summed E-state index contributed by atoms with van der Waals surface area (Å²) in [7, 11) is 0. The number of aryl methyl sites for hydroxylation is 1. The van der Waals surface area contributed by atoms with Crippen molar-refractivity contribution in [2.24, 2.45) is 0 Å². The summed E-state index contributed by atoms with van der Waals surface area (Å²) in [5, 5.41) is 2.83. The zero-order chi connectivity index (χ0) is 19.1. The molecule has 0 aliphatic heterocycles. The number of halogens is 1. The Hall–Kier alpha value is -2.73. The molecule has 0 atom stereocenters. The first-order valence-corrected chi connectivity index (χ1v) is 8.62. The van der Waals surface area contributed by atoms with Gasteiger partial charge in [0.15, 0.2) is 6.61 Å². The van der Waals surface area contributed by atoms with E-state index in [1.54, 1.807) is 41.3 Å². The molecule has 7 heteroatoms. The fraction of sp³-hybridized carbons (Fsp3) is 0.300. The Morgan fingerprint density at radius 1 is 1.11 bits per heavy atom. The molecule has 0 aliphatic carbocycles. The van der Waals surface area contributed by atoms with Crippen LogP contribution < -0.4 is 15.8 Å². The van der Waals surface area contributed by atoms with E-state index in [0.29, 0.717) is 35.8 Å². The number of carbonyl (C=O) groups excluding carboxylic acids is 2. The van der Waals surface area contributed by atoms with E-state index >= 15 is 0 Å². The second-order valence-corrected chi connectivity index (χ2v) is 5.91. The molecule has 0 fully saturated rings. The average molecular weight is 392 g/mol. The molecule has 0 saturated heterocycles. The third-order valence-electron chi connectivity index (χ3n) is 4.08. The highest BCUT2D eigenvalue weighted by Crippen LogP contribution is 2.20. The Morgan fingerprint density at radius 2 is 1.81 bits per heavy atom. The lowest BCUT2D eigenvalue weighted by atomic mass is 10.1. The molecule has 0 unspecified atom stereocenters. The van der Waals surface area contributed by atoms with Crippen LogP contribution in [0.3, 0.4) is 0 Å². The van der Waals surface area contributed by atoms with Gasteiger partial charge in [-0.05, 0) is 50.6 Å². The lowest BCUT2D eigenvalue weighted by molar-refractivity contribution is -0.132. The molecule has 3 N–H and O–H groups in total. The normalized spacial score (nSPS) is 9.89. The lowest BCUT2D eigenvalue weighted by Crippen LogP contribution is -2.34. The van der Waals surface area contributed by atoms with Crippen LogP contribution in [0.5, 0.6) is 5.75 Å². The Morgan fingerprint density at radius 3 is 2.48 bits per heavy atom. The Bertz CT molecular complexity index is 792. The van der Waals surface area contributed by atoms with Gasteiger partial charge in [-0.15, -0.1) is 12.4 Å². The first kappa shape index (κ1) is 22.3. The number of hydrogen-bond acceptors (Lipinski definition) is 4. The van der Waals surface area contributed by atoms with Crippen LogP contribution >= 0.6 is 12.4 Å². The molecule has 2 aromatic rings. The minimum atomic E-state index is -0.244. The van der Waals surface area contributed by atoms with Gasteiger partial charge in [0.25, 0.3) is 11.8 Å². The monoisotopic (exact) mass is 391 g/mol. The van der Waals surface area contributed by atoms with Gasteiger partial charge in [0.2, 0.25) is 0 Å². The van der Waals surface area contributed by atoms with Crippen LogP contribution in [0.1, 0.15) is 29.8 Å². The quantitative estimate of drug-likeness (QED) is 0.707. The van der Waals surface area contributed by atoms with Crippen molar-refractivity contribution < 1.29 is 14.3 Å². The van der Waals surface area contributed by atoms with Gasteiger partial charge < -0.3 is 20.7 Å². The van der Waals surface area contributed by atoms with E-state index in [0.717, 1.165) is 5.56 Å². The predicted octanol–water partition coefficient (Wildman–Crippen LogP) is 3.50. The highest BCUT2D eigenvalue weighted by atomic mass is 35.5. The molecule has 2 aromatic carbocycles. The van der Waals surface area contributed by atoms with Crippen LogP contribution in [0.4, 0.5) is 11.4 Å². The van der Waals surface area contributed by atoms with E-state index in [1.807, 2.05) is 26.8 Å². The number of ether oxygens (including phenoxy) is 1. The fourth-order valence-electron chi connectivity index (χ4n) is 2.56. The van der Waals surface area contributed by atoms with Crippen molar-refractivity contribution in [1.82, 2.24) is 4.90 Å². The summed E-state index contributed by atoms with van der Waals surface area (Å²) in [6.45, 7) is 6.97. The highest BCUT2D eigenvalue weighted by molar-refractivity contribution is 6.05. The van der Waals surface area contributed by atoms with Crippen molar-refractivity contribution in [2.75, 3.05) is 30.7 Å². The van der Waals surface area contributed by atoms with E-state index in [1.165, 1.54) is 0 Å². The van der Waals surface area contributed by atoms with E-state index in [2.05, 4.69) is 5.32 Å². The minimum absolute atomic E-state index is 0. The van der Waals surface area contributed by atoms with Gasteiger partial charge in [0.05, 0.1) is 0 Å². The van der Waals surface area contributed by atoms with Gasteiger partial charge in [0, 0.05) is 36.1 Å². The molecule has 6 nitrogen and oxygen atoms in total. The number of benzene rings is 2. The molecule has 0 aromatic heterocycles. The number of anilines is 2. The molecular formula is C20H26ClN3O3. The van der Waals surface area contributed by atoms with Gasteiger partial charge in [-0.2, -0.15) is 0 Å². The van der Waals surface area contributed by atoms with Gasteiger partial charge in [-0.3, -0.25) is 9.59 Å². The SMILES string of the molecule is CCN(CC)C(=O)COc1cccc(NC(=O)c2cc(N)ccc2C)c1.Cl. The molecule has 0 aliphatic rings. The van der Waals surface area contributed by atoms with Crippen LogP contribution in [0, 0.1) is 6.92 Å². The topological polar surface area (TPSA) is 84.7 Å². The van der Waals surface area contributed by atoms with E-state index in [-0.39, 0.29) is 30.8 Å². The number of hydrogen-bond donors (Lipinski definition) is 2. The van der Waals surface area contributed by atoms with Gasteiger partial charge in [-0.25, -0.2) is 0 Å². The molecular weight excluding hydrogens is 366 g/mol. The summed E-state index contributed by atoms with van der Waals surface area (Å²) in [6, 6.07) is 12.2. The van der Waals surface area contributed by atoms with Crippen molar-refractivity contribution in [3.8, 4) is 5.75 Å². The zero-order valence-electron chi connectivity index (χ0n) is 15.8. The largest absolute Gasteiger partial charge is 0.484 e. The number of likely N-dealkylation sites (N-methyl/N-ethyl adjacent to an activating group) is 1. The summed E-state index contributed by atoms with van der Waals surface area (Å²) < 4.78 is 5.56. The minimum Gasteiger partial charge on any atom is -0.484 e. The molecule has 27 heavy (non-hydrogen) atoms. The lowest BCUT2D eigenvalue weighted by Gasteiger charge is -2.18. The number of amides is 2. The number of nitrogens with one attached hydrogen (secondary N) is 1. The molecule has 0 heterocycles. The average Bonchev–Trinajstić information content (AvgIpc) is 2.63. The predicted molar refractivity (Wildman–Crippen MR) is 111 cm³/mol. The number of nitrogen functional groups attached to an aromatic ring is 1. The smallest absolute Gasteiger partial charge is 0.260 e. The van der Waals surface area contributed by atoms with E-state index in [4.69, 9.17) is 10.5 Å². The van der Waals surface area contributed by atoms with Crippen LogP contribution in [0.15, 0.2) is 42.5 Å². The van der Waals surface area contributed by atoms with Gasteiger partial charge in [0.1, 0.15) is 5.75 Å². The maximum absolute atomic E-state index is 12.5. The van der Waals surface area contributed by atoms with Crippen LogP contribution in [0.2, 0.25) is 0 Å². The summed E-state index contributed by atoms with van der Waals surface area (Å²) in [4.78, 5) is 26.2. The second kappa shape index (κ2) is 10.4. The number of carbonyl (C=O) groups is 2. The highest BCUT2D eigenvalue weighted by Gasteiger charge is 2.12. The third kappa shape index (κ3) is 6.18. The Balaban J connectivity index is 0.00000364. The van der Waals surface area contributed by atoms with Crippen molar-refractivity contribution in [3.63, 3.8) is 0 Å². The van der Waals surface area contributed by atoms with E-state index < -0.39 is 0 Å². The van der Waals surface area contributed by atoms with Crippen molar-refractivity contribution in [3.05, 3.63) is 53.6 Å². The summed E-state index contributed by atoms with van der Waals surface area (Å²) in [6.07, 6.45) is 0. The van der Waals surface area contributed by atoms with Crippen molar-refractivity contribution in [2.45, 2.75) is 20.8 Å². The second-order valence-electron chi connectivity index (χ2n) is 5.91. The number of nitrogens with two attached hydrogens (primary N) is 1. The fourth-order valence-corrected chi connectivity index (χ4v) is 2.56. The standard InChI is InChI=1S/C20H25N3O3.ClH/c1-4-23(5-2)19(24)13-26-17-8-6-7-16(12-17)22-20(25)18-11-15(21)10-9-14(18)3;/h6-12H,4-5,13,21H2,1-3H3,(H,22,25);1H. The molecule has 2 rings (SSSR count). The van der Waals surface area contributed by atoms with Crippen molar-refractivity contribution >= 4 is 35.6 Å². The van der Waals surface area contributed by atoms with E-state index in [9.17, 15) is 9.59 Å². The van der Waals surface area contributed by atoms with Crippen LogP contribution in [-0.4, -0.2) is 36.4 Å². The molecule has 146 valence electrons. The maximum atomic E-state index is 12.5. The summed E-state index contributed by atoms with van der Waals surface area (Å²) in [5.74, 6) is 0.207. The number of nitrogens with zero attached hydrogens (tertiary/aromatic N) is 1. The molecule has 0 spiro atoms. The first-order valence-electron chi connectivity index (χ1n) is 8.62. The third-order valence-corrected chi connectivity index (χ3v) is 4.08. The molecule has 0 bridgehead atoms. The van der Waals surface area contributed by atoms with Crippen LogP contribution in [-0.2, 0) is 4.79 Å². The summed E-state index contributed by atoms with van der Waals surface area (Å²) in [5.41, 5.74) is 8.25. The van der Waals surface area contributed by atoms with Crippen molar-refractivity contribution in [1.29, 1.82) is 0 Å². The first-order chi connectivity index (χ1) is 12.4. The zero-order valence-corrected chi connectivity index (χ0v) is 16.6. The van der Waals surface area contributed by atoms with Gasteiger partial charge >= 0.3 is 0 Å². The number of rotatable bonds is 7. The Kier molecular flexibility index (Phi) is 8.62. The van der Waals surface area contributed by atoms with Gasteiger partial charge in [-0.1, -0.05) is 12.1 Å². The molecule has 0 radical (unpaired) electrons. The maximum Gasteiger partial charge on any atom is 0.260 e. The molecule has 2 amide bonds. The molecule has 0 saturated carbocycles.